The van der Waals surface area contributed by atoms with Crippen LogP contribution in [0.1, 0.15) is 12.5 Å². The van der Waals surface area contributed by atoms with E-state index in [2.05, 4.69) is 39.2 Å². The fraction of sp³-hybridized carbons (Fsp3) is 0.429. The molecule has 0 amide bonds. The Kier molecular flexibility index (Phi) is 6.94. The molecule has 0 spiro atoms. The van der Waals surface area contributed by atoms with Crippen LogP contribution in [0.4, 0.5) is 5.69 Å². The van der Waals surface area contributed by atoms with Crippen LogP contribution in [-0.2, 0) is 6.54 Å². The maximum Gasteiger partial charge on any atom is 0.212 e. The summed E-state index contributed by atoms with van der Waals surface area (Å²) in [5, 5.41) is 3.41. The van der Waals surface area contributed by atoms with Gasteiger partial charge in [0, 0.05) is 56.7 Å². The molecule has 1 fully saturated rings. The van der Waals surface area contributed by atoms with E-state index in [-0.39, 0.29) is 0 Å². The van der Waals surface area contributed by atoms with Crippen LogP contribution in [0, 0.1) is 0 Å². The van der Waals surface area contributed by atoms with Gasteiger partial charge in [-0.25, -0.2) is 9.98 Å². The summed E-state index contributed by atoms with van der Waals surface area (Å²) in [4.78, 5) is 13.8. The lowest BCUT2D eigenvalue weighted by atomic mass is 10.2. The van der Waals surface area contributed by atoms with Crippen LogP contribution in [0.25, 0.3) is 0 Å². The molecule has 3 rings (SSSR count). The van der Waals surface area contributed by atoms with Gasteiger partial charge in [-0.15, -0.1) is 0 Å². The maximum atomic E-state index is 5.35. The number of hydrogen-bond donors (Lipinski definition) is 1. The van der Waals surface area contributed by atoms with E-state index in [9.17, 15) is 0 Å². The first-order chi connectivity index (χ1) is 13.7. The first-order valence-electron chi connectivity index (χ1n) is 9.64. The zero-order valence-electron chi connectivity index (χ0n) is 16.9. The minimum Gasteiger partial charge on any atom is -0.497 e. The largest absolute Gasteiger partial charge is 0.497 e. The summed E-state index contributed by atoms with van der Waals surface area (Å²) in [5.41, 5.74) is 2.26. The average Bonchev–Trinajstić information content (AvgIpc) is 2.77. The van der Waals surface area contributed by atoms with Crippen molar-refractivity contribution in [1.82, 2.24) is 15.2 Å². The Morgan fingerprint density at radius 2 is 1.93 bits per heavy atom. The fourth-order valence-corrected chi connectivity index (χ4v) is 3.20. The minimum absolute atomic E-state index is 0.593. The van der Waals surface area contributed by atoms with Crippen LogP contribution >= 0.6 is 0 Å². The van der Waals surface area contributed by atoms with Crippen LogP contribution in [0.15, 0.2) is 47.6 Å². The number of piperazine rings is 1. The van der Waals surface area contributed by atoms with E-state index >= 15 is 0 Å². The van der Waals surface area contributed by atoms with Gasteiger partial charge in [0.2, 0.25) is 5.88 Å². The second kappa shape index (κ2) is 9.82. The Bertz CT molecular complexity index is 771. The Hall–Kier alpha value is -2.96. The van der Waals surface area contributed by atoms with Gasteiger partial charge in [0.05, 0.1) is 20.8 Å². The number of ether oxygens (including phenoxy) is 2. The summed E-state index contributed by atoms with van der Waals surface area (Å²) in [6.45, 7) is 7.26. The number of benzene rings is 1. The molecular formula is C21H29N5O2. The zero-order chi connectivity index (χ0) is 19.8. The molecule has 0 radical (unpaired) electrons. The Morgan fingerprint density at radius 3 is 2.57 bits per heavy atom. The molecular weight excluding hydrogens is 354 g/mol. The lowest BCUT2D eigenvalue weighted by molar-refractivity contribution is 0.372. The van der Waals surface area contributed by atoms with Crippen molar-refractivity contribution in [2.24, 2.45) is 4.99 Å². The highest BCUT2D eigenvalue weighted by molar-refractivity contribution is 5.80. The van der Waals surface area contributed by atoms with Gasteiger partial charge in [-0.2, -0.15) is 0 Å². The van der Waals surface area contributed by atoms with E-state index in [0.29, 0.717) is 12.4 Å². The number of rotatable bonds is 6. The topological polar surface area (TPSA) is 62.2 Å². The molecule has 0 aliphatic carbocycles. The van der Waals surface area contributed by atoms with Crippen LogP contribution in [0.5, 0.6) is 11.6 Å². The maximum absolute atomic E-state index is 5.35. The predicted molar refractivity (Wildman–Crippen MR) is 112 cm³/mol. The highest BCUT2D eigenvalue weighted by Gasteiger charge is 2.20. The van der Waals surface area contributed by atoms with E-state index in [1.165, 1.54) is 5.69 Å². The molecule has 1 N–H and O–H groups in total. The van der Waals surface area contributed by atoms with Gasteiger partial charge < -0.3 is 24.6 Å². The van der Waals surface area contributed by atoms with Crippen molar-refractivity contribution < 1.29 is 9.47 Å². The summed E-state index contributed by atoms with van der Waals surface area (Å²) in [6.07, 6.45) is 1.81. The summed E-state index contributed by atoms with van der Waals surface area (Å²) >= 11 is 0. The standard InChI is InChI=1S/C21H29N5O2/c1-4-22-21(24-16-17-8-9-20(28-3)23-15-17)26-12-10-25(11-13-26)18-6-5-7-19(14-18)27-2/h5-9,14-15H,4,10-13,16H2,1-3H3,(H,22,24). The zero-order valence-corrected chi connectivity index (χ0v) is 16.9. The molecule has 28 heavy (non-hydrogen) atoms. The molecule has 150 valence electrons. The van der Waals surface area contributed by atoms with Gasteiger partial charge in [-0.3, -0.25) is 0 Å². The quantitative estimate of drug-likeness (QED) is 0.610. The molecule has 1 aromatic carbocycles. The van der Waals surface area contributed by atoms with Crippen molar-refractivity contribution in [3.8, 4) is 11.6 Å². The molecule has 1 saturated heterocycles. The SMILES string of the molecule is CCNC(=NCc1ccc(OC)nc1)N1CCN(c2cccc(OC)c2)CC1. The lowest BCUT2D eigenvalue weighted by Gasteiger charge is -2.37. The van der Waals surface area contributed by atoms with Crippen LogP contribution in [0.3, 0.4) is 0 Å². The van der Waals surface area contributed by atoms with Crippen LogP contribution in [0.2, 0.25) is 0 Å². The van der Waals surface area contributed by atoms with Crippen LogP contribution in [-0.4, -0.2) is 62.8 Å². The van der Waals surface area contributed by atoms with Crippen molar-refractivity contribution >= 4 is 11.6 Å². The van der Waals surface area contributed by atoms with Crippen molar-refractivity contribution in [3.05, 3.63) is 48.2 Å². The summed E-state index contributed by atoms with van der Waals surface area (Å²) in [5.74, 6) is 2.46. The monoisotopic (exact) mass is 383 g/mol. The van der Waals surface area contributed by atoms with Crippen molar-refractivity contribution in [2.45, 2.75) is 13.5 Å². The smallest absolute Gasteiger partial charge is 0.212 e. The van der Waals surface area contributed by atoms with Gasteiger partial charge >= 0.3 is 0 Å². The van der Waals surface area contributed by atoms with Crippen LogP contribution < -0.4 is 19.7 Å². The highest BCUT2D eigenvalue weighted by Crippen LogP contribution is 2.22. The Balaban J connectivity index is 1.61. The van der Waals surface area contributed by atoms with E-state index in [1.807, 2.05) is 30.5 Å². The normalized spacial score (nSPS) is 14.8. The molecule has 0 atom stereocenters. The second-order valence-electron chi connectivity index (χ2n) is 6.55. The average molecular weight is 383 g/mol. The van der Waals surface area contributed by atoms with E-state index in [4.69, 9.17) is 14.5 Å². The molecule has 1 aromatic heterocycles. The third-order valence-electron chi connectivity index (χ3n) is 4.75. The molecule has 0 bridgehead atoms. The van der Waals surface area contributed by atoms with Gasteiger partial charge in [-0.1, -0.05) is 12.1 Å². The number of methoxy groups -OCH3 is 2. The van der Waals surface area contributed by atoms with Gasteiger partial charge in [0.15, 0.2) is 5.96 Å². The number of nitrogens with zero attached hydrogens (tertiary/aromatic N) is 4. The Morgan fingerprint density at radius 1 is 1.11 bits per heavy atom. The van der Waals surface area contributed by atoms with Gasteiger partial charge in [0.1, 0.15) is 5.75 Å². The molecule has 0 unspecified atom stereocenters. The second-order valence-corrected chi connectivity index (χ2v) is 6.55. The highest BCUT2D eigenvalue weighted by atomic mass is 16.5. The molecule has 1 aliphatic rings. The molecule has 1 aliphatic heterocycles. The van der Waals surface area contributed by atoms with Crippen molar-refractivity contribution in [2.75, 3.05) is 51.8 Å². The number of hydrogen-bond acceptors (Lipinski definition) is 5. The third-order valence-corrected chi connectivity index (χ3v) is 4.75. The number of aliphatic imine (C=N–C) groups is 1. The van der Waals surface area contributed by atoms with E-state index in [0.717, 1.165) is 50.0 Å². The first-order valence-corrected chi connectivity index (χ1v) is 9.64. The molecule has 7 nitrogen and oxygen atoms in total. The number of guanidine groups is 1. The van der Waals surface area contributed by atoms with E-state index in [1.54, 1.807) is 14.2 Å². The molecule has 0 saturated carbocycles. The predicted octanol–water partition coefficient (Wildman–Crippen LogP) is 2.39. The molecule has 7 heteroatoms. The summed E-state index contributed by atoms with van der Waals surface area (Å²) < 4.78 is 10.5. The number of nitrogens with one attached hydrogen (secondary N) is 1. The summed E-state index contributed by atoms with van der Waals surface area (Å²) in [6, 6.07) is 12.1. The molecule has 2 heterocycles. The number of anilines is 1. The van der Waals surface area contributed by atoms with Gasteiger partial charge in [0.25, 0.3) is 0 Å². The van der Waals surface area contributed by atoms with Crippen molar-refractivity contribution in [3.63, 3.8) is 0 Å². The van der Waals surface area contributed by atoms with Crippen molar-refractivity contribution in [1.29, 1.82) is 0 Å². The third kappa shape index (κ3) is 5.06. The Labute approximate surface area is 167 Å². The number of aromatic nitrogens is 1. The number of pyridine rings is 1. The first kappa shape index (κ1) is 19.8. The van der Waals surface area contributed by atoms with E-state index < -0.39 is 0 Å². The summed E-state index contributed by atoms with van der Waals surface area (Å²) in [7, 11) is 3.32. The fourth-order valence-electron chi connectivity index (χ4n) is 3.20. The van der Waals surface area contributed by atoms with Gasteiger partial charge in [-0.05, 0) is 24.6 Å². The molecule has 2 aromatic rings. The lowest BCUT2D eigenvalue weighted by Crippen LogP contribution is -2.52. The minimum atomic E-state index is 0.593.